The van der Waals surface area contributed by atoms with Crippen LogP contribution in [-0.4, -0.2) is 51.1 Å². The van der Waals surface area contributed by atoms with Crippen LogP contribution >= 0.6 is 0 Å². The summed E-state index contributed by atoms with van der Waals surface area (Å²) in [6.07, 6.45) is 5.20. The number of carbonyl (C=O) groups is 2. The van der Waals surface area contributed by atoms with Crippen LogP contribution in [-0.2, 0) is 11.2 Å². The van der Waals surface area contributed by atoms with Gasteiger partial charge in [-0.2, -0.15) is 0 Å². The van der Waals surface area contributed by atoms with E-state index in [0.29, 0.717) is 18.8 Å². The summed E-state index contributed by atoms with van der Waals surface area (Å²) in [4.78, 5) is 31.2. The van der Waals surface area contributed by atoms with Crippen LogP contribution in [0.1, 0.15) is 18.5 Å². The number of hydrogen-bond acceptors (Lipinski definition) is 3. The van der Waals surface area contributed by atoms with Crippen molar-refractivity contribution in [1.29, 1.82) is 0 Å². The zero-order chi connectivity index (χ0) is 13.0. The fraction of sp³-hybridized carbons (Fsp3) is 0.545. The summed E-state index contributed by atoms with van der Waals surface area (Å²) in [6, 6.07) is -1.24. The first-order valence-corrected chi connectivity index (χ1v) is 5.92. The molecule has 1 fully saturated rings. The highest BCUT2D eigenvalue weighted by molar-refractivity contribution is 5.82. The Bertz CT molecular complexity index is 412. The Hall–Kier alpha value is -2.05. The molecule has 1 aliphatic rings. The molecule has 1 aromatic rings. The molecule has 0 aromatic carbocycles. The number of nitrogens with one attached hydrogen (secondary N) is 2. The number of carbonyl (C=O) groups excluding carboxylic acids is 1. The molecule has 3 N–H and O–H groups in total. The van der Waals surface area contributed by atoms with E-state index in [1.165, 1.54) is 6.33 Å². The standard InChI is InChI=1S/C11H16N4O3/c16-10(17)9(5-8-6-12-7-13-8)14-11(18)15-3-1-2-4-15/h6-7,9H,1-5H2,(H,12,13)(H,14,18)(H,16,17). The monoisotopic (exact) mass is 252 g/mol. The molecule has 7 nitrogen and oxygen atoms in total. The number of aliphatic carboxylic acids is 1. The van der Waals surface area contributed by atoms with Crippen LogP contribution in [0.2, 0.25) is 0 Å². The van der Waals surface area contributed by atoms with Gasteiger partial charge < -0.3 is 20.3 Å². The minimum Gasteiger partial charge on any atom is -0.480 e. The second kappa shape index (κ2) is 5.52. The van der Waals surface area contributed by atoms with Crippen molar-refractivity contribution in [3.8, 4) is 0 Å². The van der Waals surface area contributed by atoms with Gasteiger partial charge >= 0.3 is 12.0 Å². The molecular weight excluding hydrogens is 236 g/mol. The Labute approximate surface area is 104 Å². The minimum absolute atomic E-state index is 0.203. The number of amides is 2. The number of aromatic amines is 1. The van der Waals surface area contributed by atoms with Crippen LogP contribution in [0, 0.1) is 0 Å². The number of imidazole rings is 1. The molecule has 2 heterocycles. The lowest BCUT2D eigenvalue weighted by molar-refractivity contribution is -0.139. The van der Waals surface area contributed by atoms with E-state index in [0.717, 1.165) is 12.8 Å². The van der Waals surface area contributed by atoms with Gasteiger partial charge in [0, 0.05) is 31.4 Å². The van der Waals surface area contributed by atoms with Gasteiger partial charge in [0.05, 0.1) is 6.33 Å². The van der Waals surface area contributed by atoms with Crippen LogP contribution in [0.3, 0.4) is 0 Å². The second-order valence-electron chi connectivity index (χ2n) is 4.32. The van der Waals surface area contributed by atoms with Gasteiger partial charge in [-0.1, -0.05) is 0 Å². The van der Waals surface area contributed by atoms with Gasteiger partial charge in [-0.15, -0.1) is 0 Å². The first-order valence-electron chi connectivity index (χ1n) is 5.92. The van der Waals surface area contributed by atoms with Crippen LogP contribution in [0.4, 0.5) is 4.79 Å². The molecule has 1 unspecified atom stereocenters. The van der Waals surface area contributed by atoms with E-state index in [1.807, 2.05) is 0 Å². The fourth-order valence-corrected chi connectivity index (χ4v) is 1.98. The lowest BCUT2D eigenvalue weighted by Crippen LogP contribution is -2.48. The topological polar surface area (TPSA) is 98.3 Å². The Kier molecular flexibility index (Phi) is 3.81. The van der Waals surface area contributed by atoms with Gasteiger partial charge in [0.25, 0.3) is 0 Å². The molecule has 0 radical (unpaired) electrons. The van der Waals surface area contributed by atoms with Crippen molar-refractivity contribution in [1.82, 2.24) is 20.2 Å². The van der Waals surface area contributed by atoms with Gasteiger partial charge in [0.1, 0.15) is 6.04 Å². The lowest BCUT2D eigenvalue weighted by atomic mass is 10.1. The second-order valence-corrected chi connectivity index (χ2v) is 4.32. The molecule has 98 valence electrons. The Morgan fingerprint density at radius 1 is 1.50 bits per heavy atom. The third-order valence-electron chi connectivity index (χ3n) is 2.97. The highest BCUT2D eigenvalue weighted by Gasteiger charge is 2.25. The van der Waals surface area contributed by atoms with Gasteiger partial charge in [0.2, 0.25) is 0 Å². The van der Waals surface area contributed by atoms with Gasteiger partial charge in [-0.3, -0.25) is 0 Å². The smallest absolute Gasteiger partial charge is 0.326 e. The largest absolute Gasteiger partial charge is 0.480 e. The normalized spacial score (nSPS) is 16.6. The Morgan fingerprint density at radius 2 is 2.22 bits per heavy atom. The molecule has 1 atom stereocenters. The summed E-state index contributed by atoms with van der Waals surface area (Å²) < 4.78 is 0. The molecule has 0 aliphatic carbocycles. The molecule has 2 amide bonds. The lowest BCUT2D eigenvalue weighted by Gasteiger charge is -2.20. The highest BCUT2D eigenvalue weighted by atomic mass is 16.4. The van der Waals surface area contributed by atoms with Gasteiger partial charge in [0.15, 0.2) is 0 Å². The third-order valence-corrected chi connectivity index (χ3v) is 2.97. The molecule has 0 spiro atoms. The molecule has 0 saturated carbocycles. The summed E-state index contributed by atoms with van der Waals surface area (Å²) in [7, 11) is 0. The van der Waals surface area contributed by atoms with E-state index in [-0.39, 0.29) is 12.5 Å². The van der Waals surface area contributed by atoms with Crippen molar-refractivity contribution in [2.45, 2.75) is 25.3 Å². The summed E-state index contributed by atoms with van der Waals surface area (Å²) in [5.74, 6) is -1.04. The number of likely N-dealkylation sites (tertiary alicyclic amines) is 1. The minimum atomic E-state index is -1.04. The van der Waals surface area contributed by atoms with E-state index in [1.54, 1.807) is 11.1 Å². The van der Waals surface area contributed by atoms with Crippen LogP contribution in [0.5, 0.6) is 0 Å². The number of hydrogen-bond donors (Lipinski definition) is 3. The van der Waals surface area contributed by atoms with E-state index in [4.69, 9.17) is 5.11 Å². The number of H-pyrrole nitrogens is 1. The molecule has 1 aromatic heterocycles. The molecule has 1 saturated heterocycles. The molecular formula is C11H16N4O3. The quantitative estimate of drug-likeness (QED) is 0.713. The van der Waals surface area contributed by atoms with Crippen molar-refractivity contribution >= 4 is 12.0 Å². The maximum absolute atomic E-state index is 11.8. The van der Waals surface area contributed by atoms with E-state index in [9.17, 15) is 9.59 Å². The van der Waals surface area contributed by atoms with E-state index >= 15 is 0 Å². The first kappa shape index (κ1) is 12.4. The number of rotatable bonds is 4. The van der Waals surface area contributed by atoms with Crippen molar-refractivity contribution in [3.05, 3.63) is 18.2 Å². The number of nitrogens with zero attached hydrogens (tertiary/aromatic N) is 2. The SMILES string of the molecule is O=C(O)C(Cc1cnc[nH]1)NC(=O)N1CCCC1. The first-order chi connectivity index (χ1) is 8.66. The summed E-state index contributed by atoms with van der Waals surface area (Å²) in [6.45, 7) is 1.39. The zero-order valence-corrected chi connectivity index (χ0v) is 9.93. The maximum Gasteiger partial charge on any atom is 0.326 e. The average Bonchev–Trinajstić information content (AvgIpc) is 3.00. The van der Waals surface area contributed by atoms with E-state index < -0.39 is 12.0 Å². The fourth-order valence-electron chi connectivity index (χ4n) is 1.98. The summed E-state index contributed by atoms with van der Waals surface area (Å²) in [5, 5.41) is 11.6. The zero-order valence-electron chi connectivity index (χ0n) is 9.93. The average molecular weight is 252 g/mol. The molecule has 2 rings (SSSR count). The summed E-state index contributed by atoms with van der Waals surface area (Å²) in [5.41, 5.74) is 0.684. The van der Waals surface area contributed by atoms with Gasteiger partial charge in [-0.25, -0.2) is 14.6 Å². The summed E-state index contributed by atoms with van der Waals surface area (Å²) >= 11 is 0. The van der Waals surface area contributed by atoms with Gasteiger partial charge in [-0.05, 0) is 12.8 Å². The number of aromatic nitrogens is 2. The van der Waals surface area contributed by atoms with Crippen molar-refractivity contribution in [3.63, 3.8) is 0 Å². The predicted octanol–water partition coefficient (Wildman–Crippen LogP) is 0.211. The van der Waals surface area contributed by atoms with Crippen LogP contribution in [0.15, 0.2) is 12.5 Å². The molecule has 1 aliphatic heterocycles. The van der Waals surface area contributed by atoms with Crippen molar-refractivity contribution in [2.24, 2.45) is 0 Å². The maximum atomic E-state index is 11.8. The van der Waals surface area contributed by atoms with Crippen LogP contribution < -0.4 is 5.32 Å². The highest BCUT2D eigenvalue weighted by Crippen LogP contribution is 2.08. The van der Waals surface area contributed by atoms with Crippen LogP contribution in [0.25, 0.3) is 0 Å². The number of carboxylic acid groups (broad SMARTS) is 1. The third kappa shape index (κ3) is 2.99. The van der Waals surface area contributed by atoms with Crippen molar-refractivity contribution in [2.75, 3.05) is 13.1 Å². The molecule has 18 heavy (non-hydrogen) atoms. The van der Waals surface area contributed by atoms with Crippen molar-refractivity contribution < 1.29 is 14.7 Å². The predicted molar refractivity (Wildman–Crippen MR) is 63.1 cm³/mol. The Morgan fingerprint density at radius 3 is 2.78 bits per heavy atom. The molecule has 7 heteroatoms. The molecule has 0 bridgehead atoms. The Balaban J connectivity index is 1.93. The van der Waals surface area contributed by atoms with E-state index in [2.05, 4.69) is 15.3 Å². The number of urea groups is 1. The number of carboxylic acids is 1.